The lowest BCUT2D eigenvalue weighted by atomic mass is 10.1. The van der Waals surface area contributed by atoms with Crippen LogP contribution in [-0.2, 0) is 17.4 Å². The first-order valence-corrected chi connectivity index (χ1v) is 9.68. The van der Waals surface area contributed by atoms with Crippen molar-refractivity contribution >= 4 is 11.7 Å². The second-order valence-corrected chi connectivity index (χ2v) is 7.15. The minimum absolute atomic E-state index is 0.126. The number of rotatable bonds is 7. The minimum atomic E-state index is -4.43. The molecular weight excluding hydrogens is 409 g/mol. The summed E-state index contributed by atoms with van der Waals surface area (Å²) < 4.78 is 40.1. The highest BCUT2D eigenvalue weighted by molar-refractivity contribution is 5.78. The van der Waals surface area contributed by atoms with E-state index < -0.39 is 11.7 Å². The first-order valence-electron chi connectivity index (χ1n) is 9.68. The molecule has 31 heavy (non-hydrogen) atoms. The van der Waals surface area contributed by atoms with Gasteiger partial charge in [0.1, 0.15) is 11.6 Å². The van der Waals surface area contributed by atoms with Gasteiger partial charge in [0.25, 0.3) is 0 Å². The average Bonchev–Trinajstić information content (AvgIpc) is 3.02. The van der Waals surface area contributed by atoms with Crippen molar-refractivity contribution in [2.24, 2.45) is 0 Å². The Morgan fingerprint density at radius 2 is 1.84 bits per heavy atom. The first kappa shape index (κ1) is 22.3. The van der Waals surface area contributed by atoms with E-state index in [0.717, 1.165) is 23.5 Å². The third kappa shape index (κ3) is 6.03. The third-order valence-corrected chi connectivity index (χ3v) is 4.42. The van der Waals surface area contributed by atoms with Gasteiger partial charge in [-0.05, 0) is 38.5 Å². The summed E-state index contributed by atoms with van der Waals surface area (Å²) in [6, 6.07) is 8.47. The Kier molecular flexibility index (Phi) is 6.57. The number of aryl methyl sites for hydroxylation is 3. The zero-order chi connectivity index (χ0) is 22.6. The molecule has 0 aliphatic heterocycles. The number of carbonyl (C=O) groups is 1. The van der Waals surface area contributed by atoms with Crippen molar-refractivity contribution in [3.63, 3.8) is 0 Å². The second kappa shape index (κ2) is 9.15. The molecule has 3 rings (SSSR count). The molecule has 10 heteroatoms. The summed E-state index contributed by atoms with van der Waals surface area (Å²) in [5.41, 5.74) is 1.37. The largest absolute Gasteiger partial charge is 0.416 e. The molecule has 1 aromatic carbocycles. The Labute approximate surface area is 177 Å². The zero-order valence-corrected chi connectivity index (χ0v) is 17.4. The van der Waals surface area contributed by atoms with E-state index in [1.807, 2.05) is 19.9 Å². The van der Waals surface area contributed by atoms with Crippen molar-refractivity contribution in [1.82, 2.24) is 25.1 Å². The lowest BCUT2D eigenvalue weighted by Gasteiger charge is -2.11. The fraction of sp³-hybridized carbons (Fsp3) is 0.333. The highest BCUT2D eigenvalue weighted by atomic mass is 19.4. The Morgan fingerprint density at radius 3 is 2.52 bits per heavy atom. The smallest absolute Gasteiger partial charge is 0.368 e. The number of nitrogens with one attached hydrogen (secondary N) is 2. The van der Waals surface area contributed by atoms with Gasteiger partial charge in [0, 0.05) is 24.8 Å². The number of amides is 1. The van der Waals surface area contributed by atoms with E-state index in [2.05, 4.69) is 25.7 Å². The van der Waals surface area contributed by atoms with Crippen molar-refractivity contribution in [3.05, 3.63) is 64.7 Å². The molecule has 0 saturated carbocycles. The van der Waals surface area contributed by atoms with Gasteiger partial charge in [0.2, 0.25) is 5.91 Å². The van der Waals surface area contributed by atoms with Gasteiger partial charge in [0.15, 0.2) is 5.82 Å². The standard InChI is InChI=1S/C21H23F3N6O/c1-13-9-14(2)30(29-13)19-12-18(27-15(3)28-19)25-7-8-26-20(31)11-16-5-4-6-17(10-16)21(22,23)24/h4-6,9-10,12H,7-8,11H2,1-3H3,(H,26,31)(H,25,27,28). The van der Waals surface area contributed by atoms with Crippen molar-refractivity contribution in [2.45, 2.75) is 33.4 Å². The summed E-state index contributed by atoms with van der Waals surface area (Å²) in [4.78, 5) is 20.8. The van der Waals surface area contributed by atoms with Gasteiger partial charge < -0.3 is 10.6 Å². The zero-order valence-electron chi connectivity index (χ0n) is 17.4. The van der Waals surface area contributed by atoms with Crippen molar-refractivity contribution in [2.75, 3.05) is 18.4 Å². The number of carbonyl (C=O) groups excluding carboxylic acids is 1. The van der Waals surface area contributed by atoms with E-state index >= 15 is 0 Å². The summed E-state index contributed by atoms with van der Waals surface area (Å²) in [6.07, 6.45) is -4.56. The van der Waals surface area contributed by atoms with Crippen LogP contribution in [0.1, 0.15) is 28.3 Å². The normalized spacial score (nSPS) is 11.4. The number of alkyl halides is 3. The van der Waals surface area contributed by atoms with Crippen LogP contribution in [0.4, 0.5) is 19.0 Å². The van der Waals surface area contributed by atoms with Crippen LogP contribution in [-0.4, -0.2) is 38.7 Å². The monoisotopic (exact) mass is 432 g/mol. The first-order chi connectivity index (χ1) is 14.6. The van der Waals surface area contributed by atoms with Gasteiger partial charge in [0.05, 0.1) is 17.7 Å². The lowest BCUT2D eigenvalue weighted by Crippen LogP contribution is -2.30. The molecule has 1 amide bonds. The Bertz CT molecular complexity index is 1080. The van der Waals surface area contributed by atoms with Crippen molar-refractivity contribution < 1.29 is 18.0 Å². The molecular formula is C21H23F3N6O. The predicted molar refractivity (Wildman–Crippen MR) is 110 cm³/mol. The predicted octanol–water partition coefficient (Wildman–Crippen LogP) is 3.38. The minimum Gasteiger partial charge on any atom is -0.368 e. The van der Waals surface area contributed by atoms with Crippen LogP contribution in [0.5, 0.6) is 0 Å². The number of benzene rings is 1. The van der Waals surface area contributed by atoms with E-state index in [9.17, 15) is 18.0 Å². The molecule has 0 atom stereocenters. The highest BCUT2D eigenvalue weighted by Gasteiger charge is 2.30. The third-order valence-electron chi connectivity index (χ3n) is 4.42. The molecule has 0 spiro atoms. The Morgan fingerprint density at radius 1 is 1.06 bits per heavy atom. The SMILES string of the molecule is Cc1cc(C)n(-c2cc(NCCNC(=O)Cc3cccc(C(F)(F)F)c3)nc(C)n2)n1. The van der Waals surface area contributed by atoms with Crippen LogP contribution in [0.25, 0.3) is 5.82 Å². The van der Waals surface area contributed by atoms with Gasteiger partial charge in [-0.25, -0.2) is 14.6 Å². The van der Waals surface area contributed by atoms with E-state index in [4.69, 9.17) is 0 Å². The number of nitrogens with zero attached hydrogens (tertiary/aromatic N) is 4. The summed E-state index contributed by atoms with van der Waals surface area (Å²) in [7, 11) is 0. The Hall–Kier alpha value is -3.43. The van der Waals surface area contributed by atoms with E-state index in [0.29, 0.717) is 29.6 Å². The van der Waals surface area contributed by atoms with E-state index in [-0.39, 0.29) is 18.9 Å². The van der Waals surface area contributed by atoms with Crippen LogP contribution in [0.3, 0.4) is 0 Å². The number of aromatic nitrogens is 4. The lowest BCUT2D eigenvalue weighted by molar-refractivity contribution is -0.137. The fourth-order valence-corrected chi connectivity index (χ4v) is 3.11. The molecule has 0 aliphatic carbocycles. The molecule has 0 bridgehead atoms. The average molecular weight is 432 g/mol. The number of hydrogen-bond acceptors (Lipinski definition) is 5. The second-order valence-electron chi connectivity index (χ2n) is 7.15. The molecule has 0 fully saturated rings. The van der Waals surface area contributed by atoms with E-state index in [1.54, 1.807) is 17.7 Å². The summed E-state index contributed by atoms with van der Waals surface area (Å²) >= 11 is 0. The number of hydrogen-bond donors (Lipinski definition) is 2. The number of halogens is 3. The Balaban J connectivity index is 1.53. The quantitative estimate of drug-likeness (QED) is 0.559. The molecule has 164 valence electrons. The van der Waals surface area contributed by atoms with Crippen molar-refractivity contribution in [1.29, 1.82) is 0 Å². The highest BCUT2D eigenvalue weighted by Crippen LogP contribution is 2.29. The maximum absolute atomic E-state index is 12.8. The van der Waals surface area contributed by atoms with Gasteiger partial charge in [-0.3, -0.25) is 4.79 Å². The topological polar surface area (TPSA) is 84.7 Å². The summed E-state index contributed by atoms with van der Waals surface area (Å²) in [6.45, 7) is 6.29. The van der Waals surface area contributed by atoms with Crippen LogP contribution in [0.2, 0.25) is 0 Å². The molecule has 0 unspecified atom stereocenters. The molecule has 0 saturated heterocycles. The maximum Gasteiger partial charge on any atom is 0.416 e. The van der Waals surface area contributed by atoms with Gasteiger partial charge >= 0.3 is 6.18 Å². The molecule has 3 aromatic rings. The molecule has 2 heterocycles. The van der Waals surface area contributed by atoms with E-state index in [1.165, 1.54) is 12.1 Å². The molecule has 0 aliphatic rings. The fourth-order valence-electron chi connectivity index (χ4n) is 3.11. The van der Waals surface area contributed by atoms with Crippen LogP contribution < -0.4 is 10.6 Å². The van der Waals surface area contributed by atoms with Gasteiger partial charge in [-0.1, -0.05) is 18.2 Å². The van der Waals surface area contributed by atoms with Crippen molar-refractivity contribution in [3.8, 4) is 5.82 Å². The van der Waals surface area contributed by atoms with Gasteiger partial charge in [-0.2, -0.15) is 18.3 Å². The number of anilines is 1. The maximum atomic E-state index is 12.8. The molecule has 7 nitrogen and oxygen atoms in total. The molecule has 2 aromatic heterocycles. The van der Waals surface area contributed by atoms with Crippen LogP contribution in [0.15, 0.2) is 36.4 Å². The van der Waals surface area contributed by atoms with Crippen LogP contribution in [0, 0.1) is 20.8 Å². The van der Waals surface area contributed by atoms with Gasteiger partial charge in [-0.15, -0.1) is 0 Å². The summed E-state index contributed by atoms with van der Waals surface area (Å²) in [5.74, 6) is 1.43. The molecule has 0 radical (unpaired) electrons. The van der Waals surface area contributed by atoms with Crippen LogP contribution >= 0.6 is 0 Å². The molecule has 2 N–H and O–H groups in total. The summed E-state index contributed by atoms with van der Waals surface area (Å²) in [5, 5.41) is 10.2.